The number of fused-ring (bicyclic) bond motifs is 1. The van der Waals surface area contributed by atoms with Crippen LogP contribution in [0.2, 0.25) is 5.02 Å². The highest BCUT2D eigenvalue weighted by atomic mass is 35.5. The molecule has 0 aliphatic carbocycles. The number of nitrogens with zero attached hydrogens (tertiary/aromatic N) is 3. The van der Waals surface area contributed by atoms with Gasteiger partial charge in [-0.05, 0) is 53.4 Å². The summed E-state index contributed by atoms with van der Waals surface area (Å²) in [7, 11) is 0. The zero-order valence-electron chi connectivity index (χ0n) is 18.6. The first kappa shape index (κ1) is 22.0. The second-order valence-electron chi connectivity index (χ2n) is 8.33. The maximum absolute atomic E-state index is 13.2. The van der Waals surface area contributed by atoms with E-state index >= 15 is 0 Å². The Hall–Kier alpha value is -3.83. The predicted octanol–water partition coefficient (Wildman–Crippen LogP) is 6.58. The molecule has 1 atom stereocenters. The topological polar surface area (TPSA) is 68.9 Å². The number of carbonyl (C=O) groups is 1. The highest BCUT2D eigenvalue weighted by molar-refractivity contribution is 6.30. The normalized spacial score (nSPS) is 12.1. The number of aryl methyl sites for hydroxylation is 1. The second kappa shape index (κ2) is 9.57. The van der Waals surface area contributed by atoms with Crippen LogP contribution in [0, 0.1) is 6.92 Å². The zero-order valence-corrected chi connectivity index (χ0v) is 19.4. The molecule has 0 bridgehead atoms. The van der Waals surface area contributed by atoms with E-state index in [2.05, 4.69) is 27.1 Å². The summed E-state index contributed by atoms with van der Waals surface area (Å²) in [5, 5.41) is 0.696. The van der Waals surface area contributed by atoms with Crippen LogP contribution in [0.25, 0.3) is 22.6 Å². The molecule has 0 amide bonds. The summed E-state index contributed by atoms with van der Waals surface area (Å²) < 4.78 is 5.83. The third-order valence-electron chi connectivity index (χ3n) is 5.90. The molecule has 0 N–H and O–H groups in total. The van der Waals surface area contributed by atoms with Crippen molar-refractivity contribution in [3.8, 4) is 11.5 Å². The maximum atomic E-state index is 13.2. The number of carbonyl (C=O) groups excluding carboxylic acids is 1. The molecule has 0 radical (unpaired) electrons. The molecule has 3 aromatic carbocycles. The van der Waals surface area contributed by atoms with Gasteiger partial charge in [-0.25, -0.2) is 15.0 Å². The lowest BCUT2D eigenvalue weighted by atomic mass is 9.84. The van der Waals surface area contributed by atoms with Crippen LogP contribution in [-0.4, -0.2) is 20.7 Å². The van der Waals surface area contributed by atoms with Crippen LogP contribution in [0.5, 0.6) is 0 Å². The van der Waals surface area contributed by atoms with Crippen LogP contribution >= 0.6 is 11.6 Å². The van der Waals surface area contributed by atoms with E-state index in [4.69, 9.17) is 16.0 Å². The van der Waals surface area contributed by atoms with Gasteiger partial charge < -0.3 is 4.42 Å². The number of hydrogen-bond acceptors (Lipinski definition) is 5. The van der Waals surface area contributed by atoms with Gasteiger partial charge in [-0.15, -0.1) is 0 Å². The number of halogens is 1. The standard InChI is InChI=1S/C28H22ClN3O2/c1-18-11-22(29)8-9-24(18)25(20-5-3-2-4-6-20)14-23(33)12-19-7-10-27-26(13-19)32-28(34-27)21-15-30-17-31-16-21/h2-11,13,15-17,25H,12,14H2,1H3. The van der Waals surface area contributed by atoms with E-state index in [1.807, 2.05) is 61.5 Å². The van der Waals surface area contributed by atoms with Crippen molar-refractivity contribution < 1.29 is 9.21 Å². The van der Waals surface area contributed by atoms with Crippen molar-refractivity contribution in [3.63, 3.8) is 0 Å². The summed E-state index contributed by atoms with van der Waals surface area (Å²) in [5.74, 6) is 0.579. The van der Waals surface area contributed by atoms with Gasteiger partial charge in [0.2, 0.25) is 5.89 Å². The number of aromatic nitrogens is 3. The lowest BCUT2D eigenvalue weighted by Gasteiger charge is -2.20. The van der Waals surface area contributed by atoms with Crippen molar-refractivity contribution in [2.75, 3.05) is 0 Å². The van der Waals surface area contributed by atoms with Crippen molar-refractivity contribution in [1.29, 1.82) is 0 Å². The van der Waals surface area contributed by atoms with Gasteiger partial charge in [-0.3, -0.25) is 4.79 Å². The van der Waals surface area contributed by atoms with Crippen LogP contribution in [-0.2, 0) is 11.2 Å². The molecule has 0 aliphatic heterocycles. The Kier molecular flexibility index (Phi) is 6.19. The van der Waals surface area contributed by atoms with Crippen molar-refractivity contribution in [2.45, 2.75) is 25.7 Å². The Morgan fingerprint density at radius 1 is 1.00 bits per heavy atom. The number of rotatable bonds is 7. The molecule has 34 heavy (non-hydrogen) atoms. The van der Waals surface area contributed by atoms with Crippen LogP contribution in [0.3, 0.4) is 0 Å². The van der Waals surface area contributed by atoms with Gasteiger partial charge in [-0.2, -0.15) is 0 Å². The van der Waals surface area contributed by atoms with Crippen LogP contribution in [0.15, 0.2) is 89.9 Å². The van der Waals surface area contributed by atoms with E-state index in [1.54, 1.807) is 12.4 Å². The van der Waals surface area contributed by atoms with Gasteiger partial charge in [0.15, 0.2) is 5.58 Å². The molecule has 2 aromatic heterocycles. The van der Waals surface area contributed by atoms with Crippen molar-refractivity contribution in [2.24, 2.45) is 0 Å². The van der Waals surface area contributed by atoms with E-state index in [1.165, 1.54) is 6.33 Å². The molecule has 1 unspecified atom stereocenters. The minimum atomic E-state index is -0.0357. The fourth-order valence-corrected chi connectivity index (χ4v) is 4.49. The Balaban J connectivity index is 1.39. The fraction of sp³-hybridized carbons (Fsp3) is 0.143. The number of oxazole rings is 1. The lowest BCUT2D eigenvalue weighted by molar-refractivity contribution is -0.118. The van der Waals surface area contributed by atoms with Gasteiger partial charge in [0.25, 0.3) is 0 Å². The summed E-state index contributed by atoms with van der Waals surface area (Å²) in [4.78, 5) is 25.8. The average Bonchev–Trinajstić information content (AvgIpc) is 3.28. The first-order valence-corrected chi connectivity index (χ1v) is 11.4. The zero-order chi connectivity index (χ0) is 23.5. The van der Waals surface area contributed by atoms with Crippen LogP contribution in [0.4, 0.5) is 0 Å². The quantitative estimate of drug-likeness (QED) is 0.270. The highest BCUT2D eigenvalue weighted by Crippen LogP contribution is 2.32. The Labute approximate surface area is 202 Å². The van der Waals surface area contributed by atoms with Gasteiger partial charge in [0, 0.05) is 36.2 Å². The number of Topliss-reactive ketones (excluding diaryl/α,β-unsaturated/α-hetero) is 1. The summed E-state index contributed by atoms with van der Waals surface area (Å²) in [6.45, 7) is 2.04. The Morgan fingerprint density at radius 2 is 1.79 bits per heavy atom. The highest BCUT2D eigenvalue weighted by Gasteiger charge is 2.20. The van der Waals surface area contributed by atoms with Crippen LogP contribution in [0.1, 0.15) is 34.6 Å². The molecule has 2 heterocycles. The van der Waals surface area contributed by atoms with Crippen LogP contribution < -0.4 is 0 Å². The van der Waals surface area contributed by atoms with E-state index in [0.29, 0.717) is 40.4 Å². The molecular formula is C28H22ClN3O2. The predicted molar refractivity (Wildman–Crippen MR) is 133 cm³/mol. The van der Waals surface area contributed by atoms with E-state index < -0.39 is 0 Å². The molecular weight excluding hydrogens is 446 g/mol. The van der Waals surface area contributed by atoms with Crippen molar-refractivity contribution in [1.82, 2.24) is 15.0 Å². The Bertz CT molecular complexity index is 1450. The molecule has 0 fully saturated rings. The fourth-order valence-electron chi connectivity index (χ4n) is 4.27. The number of benzene rings is 3. The van der Waals surface area contributed by atoms with Gasteiger partial charge in [0.05, 0.1) is 5.56 Å². The summed E-state index contributed by atoms with van der Waals surface area (Å²) >= 11 is 6.18. The third kappa shape index (κ3) is 4.75. The molecule has 0 saturated heterocycles. The third-order valence-corrected chi connectivity index (χ3v) is 6.14. The first-order valence-electron chi connectivity index (χ1n) is 11.0. The molecule has 6 heteroatoms. The largest absolute Gasteiger partial charge is 0.436 e. The molecule has 0 spiro atoms. The molecule has 5 nitrogen and oxygen atoms in total. The smallest absolute Gasteiger partial charge is 0.230 e. The molecule has 0 aliphatic rings. The summed E-state index contributed by atoms with van der Waals surface area (Å²) in [6.07, 6.45) is 5.50. The van der Waals surface area contributed by atoms with Crippen molar-refractivity contribution >= 4 is 28.5 Å². The molecule has 5 rings (SSSR count). The number of hydrogen-bond donors (Lipinski definition) is 0. The molecule has 168 valence electrons. The first-order chi connectivity index (χ1) is 16.6. The number of ketones is 1. The maximum Gasteiger partial charge on any atom is 0.230 e. The summed E-state index contributed by atoms with van der Waals surface area (Å²) in [6, 6.07) is 21.7. The van der Waals surface area contributed by atoms with Crippen molar-refractivity contribution in [3.05, 3.63) is 113 Å². The molecule has 5 aromatic rings. The minimum absolute atomic E-state index is 0.0357. The van der Waals surface area contributed by atoms with Gasteiger partial charge in [-0.1, -0.05) is 54.1 Å². The van der Waals surface area contributed by atoms with Gasteiger partial charge in [0.1, 0.15) is 17.6 Å². The van der Waals surface area contributed by atoms with E-state index in [-0.39, 0.29) is 11.7 Å². The average molecular weight is 468 g/mol. The monoisotopic (exact) mass is 467 g/mol. The minimum Gasteiger partial charge on any atom is -0.436 e. The SMILES string of the molecule is Cc1cc(Cl)ccc1C(CC(=O)Cc1ccc2oc(-c3cncnc3)nc2c1)c1ccccc1. The Morgan fingerprint density at radius 3 is 2.56 bits per heavy atom. The summed E-state index contributed by atoms with van der Waals surface area (Å²) in [5.41, 5.74) is 6.29. The lowest BCUT2D eigenvalue weighted by Crippen LogP contribution is -2.12. The van der Waals surface area contributed by atoms with E-state index in [0.717, 1.165) is 22.3 Å². The van der Waals surface area contributed by atoms with Gasteiger partial charge >= 0.3 is 0 Å². The molecule has 0 saturated carbocycles. The van der Waals surface area contributed by atoms with E-state index in [9.17, 15) is 4.79 Å². The second-order valence-corrected chi connectivity index (χ2v) is 8.77.